The maximum atomic E-state index is 13.8. The Kier molecular flexibility index (Phi) is 4.93. The van der Waals surface area contributed by atoms with Gasteiger partial charge < -0.3 is 9.47 Å². The van der Waals surface area contributed by atoms with Crippen LogP contribution in [0.15, 0.2) is 42.5 Å². The van der Waals surface area contributed by atoms with Gasteiger partial charge >= 0.3 is 0 Å². The first kappa shape index (κ1) is 15.0. The second-order valence-electron chi connectivity index (χ2n) is 4.53. The van der Waals surface area contributed by atoms with Crippen molar-refractivity contribution in [2.45, 2.75) is 20.0 Å². The number of hydrogen-bond acceptors (Lipinski definition) is 3. The van der Waals surface area contributed by atoms with Gasteiger partial charge in [-0.05, 0) is 11.6 Å². The third kappa shape index (κ3) is 3.60. The van der Waals surface area contributed by atoms with E-state index in [1.807, 2.05) is 30.3 Å². The summed E-state index contributed by atoms with van der Waals surface area (Å²) >= 11 is 0. The fraction of sp³-hybridized carbons (Fsp3) is 0.235. The van der Waals surface area contributed by atoms with Gasteiger partial charge in [0.05, 0.1) is 12.7 Å². The highest BCUT2D eigenvalue weighted by atomic mass is 19.1. The number of carbonyl (C=O) groups is 1. The summed E-state index contributed by atoms with van der Waals surface area (Å²) in [5.41, 5.74) is 1.29. The molecule has 0 radical (unpaired) electrons. The van der Waals surface area contributed by atoms with Crippen LogP contribution in [0.5, 0.6) is 11.5 Å². The number of rotatable bonds is 6. The zero-order valence-corrected chi connectivity index (χ0v) is 12.1. The summed E-state index contributed by atoms with van der Waals surface area (Å²) in [4.78, 5) is 12.0. The van der Waals surface area contributed by atoms with Crippen LogP contribution in [0, 0.1) is 5.82 Å². The van der Waals surface area contributed by atoms with E-state index in [-0.39, 0.29) is 23.9 Å². The van der Waals surface area contributed by atoms with Gasteiger partial charge in [-0.2, -0.15) is 0 Å². The second kappa shape index (κ2) is 6.88. The lowest BCUT2D eigenvalue weighted by molar-refractivity contribution is 0.0983. The van der Waals surface area contributed by atoms with Gasteiger partial charge in [0.1, 0.15) is 12.4 Å². The number of Topliss-reactive ketones (excluding diaryl/α,β-unsaturated/α-hetero) is 1. The minimum atomic E-state index is -0.548. The number of hydrogen-bond donors (Lipinski definition) is 0. The molecule has 0 aliphatic rings. The molecule has 0 aliphatic heterocycles. The van der Waals surface area contributed by atoms with Crippen LogP contribution in [0.4, 0.5) is 4.39 Å². The van der Waals surface area contributed by atoms with Crippen LogP contribution in [0.3, 0.4) is 0 Å². The Hall–Kier alpha value is -2.36. The molecule has 0 N–H and O–H groups in total. The molecular formula is C17H17FO3. The van der Waals surface area contributed by atoms with Gasteiger partial charge in [0.25, 0.3) is 0 Å². The fourth-order valence-electron chi connectivity index (χ4n) is 1.95. The molecule has 2 aromatic carbocycles. The fourth-order valence-corrected chi connectivity index (χ4v) is 1.95. The first-order chi connectivity index (χ1) is 10.2. The predicted octanol–water partition coefficient (Wildman–Crippen LogP) is 4.01. The molecule has 3 nitrogen and oxygen atoms in total. The van der Waals surface area contributed by atoms with Crippen molar-refractivity contribution < 1.29 is 18.7 Å². The molecular weight excluding hydrogens is 271 g/mol. The lowest BCUT2D eigenvalue weighted by atomic mass is 10.1. The molecule has 0 atom stereocenters. The van der Waals surface area contributed by atoms with E-state index in [0.29, 0.717) is 12.0 Å². The minimum absolute atomic E-state index is 0.0406. The van der Waals surface area contributed by atoms with E-state index in [2.05, 4.69) is 0 Å². The second-order valence-corrected chi connectivity index (χ2v) is 4.53. The van der Waals surface area contributed by atoms with E-state index in [4.69, 9.17) is 9.47 Å². The molecule has 110 valence electrons. The van der Waals surface area contributed by atoms with Gasteiger partial charge in [-0.3, -0.25) is 4.79 Å². The molecule has 21 heavy (non-hydrogen) atoms. The van der Waals surface area contributed by atoms with Crippen LogP contribution in [-0.4, -0.2) is 12.9 Å². The van der Waals surface area contributed by atoms with Crippen molar-refractivity contribution in [2.24, 2.45) is 0 Å². The number of ether oxygens (including phenoxy) is 2. The molecule has 2 aromatic rings. The van der Waals surface area contributed by atoms with Gasteiger partial charge in [0, 0.05) is 12.5 Å². The van der Waals surface area contributed by atoms with Crippen molar-refractivity contribution in [3.05, 3.63) is 59.4 Å². The van der Waals surface area contributed by atoms with Crippen molar-refractivity contribution in [1.82, 2.24) is 0 Å². The normalized spacial score (nSPS) is 10.2. The number of methoxy groups -OCH3 is 1. The number of halogens is 1. The van der Waals surface area contributed by atoms with E-state index in [1.54, 1.807) is 6.92 Å². The largest absolute Gasteiger partial charge is 0.494 e. The quantitative estimate of drug-likeness (QED) is 0.753. The summed E-state index contributed by atoms with van der Waals surface area (Å²) in [7, 11) is 1.36. The van der Waals surface area contributed by atoms with E-state index in [9.17, 15) is 9.18 Å². The van der Waals surface area contributed by atoms with Gasteiger partial charge in [-0.1, -0.05) is 37.3 Å². The third-order valence-corrected chi connectivity index (χ3v) is 3.11. The van der Waals surface area contributed by atoms with E-state index >= 15 is 0 Å². The monoisotopic (exact) mass is 288 g/mol. The Morgan fingerprint density at radius 1 is 1.14 bits per heavy atom. The highest BCUT2D eigenvalue weighted by Gasteiger charge is 2.16. The van der Waals surface area contributed by atoms with E-state index in [0.717, 1.165) is 5.56 Å². The smallest absolute Gasteiger partial charge is 0.168 e. The first-order valence-corrected chi connectivity index (χ1v) is 6.73. The van der Waals surface area contributed by atoms with Crippen LogP contribution >= 0.6 is 0 Å². The van der Waals surface area contributed by atoms with Gasteiger partial charge in [-0.25, -0.2) is 4.39 Å². The predicted molar refractivity (Wildman–Crippen MR) is 78.3 cm³/mol. The Morgan fingerprint density at radius 2 is 1.86 bits per heavy atom. The Labute approximate surface area is 123 Å². The Bertz CT molecular complexity index is 623. The summed E-state index contributed by atoms with van der Waals surface area (Å²) < 4.78 is 24.3. The van der Waals surface area contributed by atoms with E-state index < -0.39 is 5.82 Å². The molecule has 0 saturated carbocycles. The average molecular weight is 288 g/mol. The molecule has 0 aliphatic carbocycles. The van der Waals surface area contributed by atoms with E-state index in [1.165, 1.54) is 19.2 Å². The average Bonchev–Trinajstić information content (AvgIpc) is 2.53. The maximum Gasteiger partial charge on any atom is 0.168 e. The van der Waals surface area contributed by atoms with Crippen molar-refractivity contribution in [1.29, 1.82) is 0 Å². The summed E-state index contributed by atoms with van der Waals surface area (Å²) in [5, 5.41) is 0. The third-order valence-electron chi connectivity index (χ3n) is 3.11. The zero-order chi connectivity index (χ0) is 15.2. The standard InChI is InChI=1S/C17H17FO3/c1-3-15(19)13-9-17(20-2)14(18)10-16(13)21-11-12-7-5-4-6-8-12/h4-10H,3,11H2,1-2H3. The molecule has 0 bridgehead atoms. The summed E-state index contributed by atoms with van der Waals surface area (Å²) in [6.45, 7) is 2.02. The van der Waals surface area contributed by atoms with Crippen LogP contribution in [0.2, 0.25) is 0 Å². The van der Waals surface area contributed by atoms with Crippen LogP contribution < -0.4 is 9.47 Å². The first-order valence-electron chi connectivity index (χ1n) is 6.73. The lowest BCUT2D eigenvalue weighted by Gasteiger charge is -2.13. The molecule has 0 amide bonds. The molecule has 0 spiro atoms. The number of carbonyl (C=O) groups excluding carboxylic acids is 1. The summed E-state index contributed by atoms with van der Waals surface area (Å²) in [6, 6.07) is 12.1. The van der Waals surface area contributed by atoms with Crippen LogP contribution in [-0.2, 0) is 6.61 Å². The summed E-state index contributed by atoms with van der Waals surface area (Å²) in [5.74, 6) is -0.382. The SMILES string of the molecule is CCC(=O)c1cc(OC)c(F)cc1OCc1ccccc1. The molecule has 0 aromatic heterocycles. The van der Waals surface area contributed by atoms with Gasteiger partial charge in [0.15, 0.2) is 17.3 Å². The Morgan fingerprint density at radius 3 is 2.48 bits per heavy atom. The number of benzene rings is 2. The van der Waals surface area contributed by atoms with Crippen LogP contribution in [0.25, 0.3) is 0 Å². The Balaban J connectivity index is 2.28. The van der Waals surface area contributed by atoms with Crippen molar-refractivity contribution in [3.8, 4) is 11.5 Å². The molecule has 0 unspecified atom stereocenters. The number of ketones is 1. The van der Waals surface area contributed by atoms with Gasteiger partial charge in [-0.15, -0.1) is 0 Å². The summed E-state index contributed by atoms with van der Waals surface area (Å²) in [6.07, 6.45) is 0.316. The van der Waals surface area contributed by atoms with Crippen molar-refractivity contribution >= 4 is 5.78 Å². The molecule has 0 fully saturated rings. The van der Waals surface area contributed by atoms with Crippen molar-refractivity contribution in [3.63, 3.8) is 0 Å². The highest BCUT2D eigenvalue weighted by molar-refractivity contribution is 5.98. The lowest BCUT2D eigenvalue weighted by Crippen LogP contribution is -2.05. The zero-order valence-electron chi connectivity index (χ0n) is 12.1. The molecule has 0 heterocycles. The van der Waals surface area contributed by atoms with Crippen molar-refractivity contribution in [2.75, 3.05) is 7.11 Å². The molecule has 0 saturated heterocycles. The topological polar surface area (TPSA) is 35.5 Å². The molecule has 2 rings (SSSR count). The van der Waals surface area contributed by atoms with Gasteiger partial charge in [0.2, 0.25) is 0 Å². The highest BCUT2D eigenvalue weighted by Crippen LogP contribution is 2.29. The molecule has 4 heteroatoms. The van der Waals surface area contributed by atoms with Crippen LogP contribution in [0.1, 0.15) is 29.3 Å². The maximum absolute atomic E-state index is 13.8. The minimum Gasteiger partial charge on any atom is -0.494 e.